The van der Waals surface area contributed by atoms with Crippen LogP contribution < -0.4 is 5.32 Å². The predicted octanol–water partition coefficient (Wildman–Crippen LogP) is 5.84. The maximum atomic E-state index is 12.6. The van der Waals surface area contributed by atoms with Crippen molar-refractivity contribution >= 4 is 38.9 Å². The number of benzene rings is 2. The summed E-state index contributed by atoms with van der Waals surface area (Å²) in [6, 6.07) is 16.4. The van der Waals surface area contributed by atoms with Crippen LogP contribution in [0.4, 0.5) is 5.69 Å². The standard InChI is InChI=1S/C20H16BrNOS/c1-12-10-15(8-9-17(12)21)22-20(23)18-11-14-7-6-13-4-2-3-5-16(13)19(14)24-18/h2-5,8-11H,6-7H2,1H3,(H,22,23). The Labute approximate surface area is 153 Å². The number of aryl methyl sites for hydroxylation is 3. The lowest BCUT2D eigenvalue weighted by Gasteiger charge is -2.15. The monoisotopic (exact) mass is 397 g/mol. The van der Waals surface area contributed by atoms with Crippen molar-refractivity contribution in [3.63, 3.8) is 0 Å². The fourth-order valence-corrected chi connectivity index (χ4v) is 4.51. The molecule has 1 aliphatic rings. The summed E-state index contributed by atoms with van der Waals surface area (Å²) in [4.78, 5) is 14.6. The van der Waals surface area contributed by atoms with E-state index in [2.05, 4.69) is 51.6 Å². The highest BCUT2D eigenvalue weighted by molar-refractivity contribution is 9.10. The molecule has 1 amide bonds. The minimum absolute atomic E-state index is 0.0337. The molecule has 0 bridgehead atoms. The molecule has 2 aromatic carbocycles. The quantitative estimate of drug-likeness (QED) is 0.578. The summed E-state index contributed by atoms with van der Waals surface area (Å²) in [5.41, 5.74) is 5.88. The summed E-state index contributed by atoms with van der Waals surface area (Å²) in [5, 5.41) is 3.01. The molecule has 0 unspecified atom stereocenters. The maximum Gasteiger partial charge on any atom is 0.265 e. The molecule has 0 saturated heterocycles. The van der Waals surface area contributed by atoms with E-state index in [0.717, 1.165) is 33.4 Å². The zero-order valence-electron chi connectivity index (χ0n) is 13.2. The van der Waals surface area contributed by atoms with Crippen LogP contribution in [-0.4, -0.2) is 5.91 Å². The second-order valence-corrected chi connectivity index (χ2v) is 7.95. The number of fused-ring (bicyclic) bond motifs is 3. The predicted molar refractivity (Wildman–Crippen MR) is 104 cm³/mol. The molecular formula is C20H16BrNOS. The second-order valence-electron chi connectivity index (χ2n) is 6.04. The molecule has 0 aliphatic heterocycles. The first-order valence-electron chi connectivity index (χ1n) is 7.90. The number of rotatable bonds is 2. The van der Waals surface area contributed by atoms with Gasteiger partial charge in [-0.15, -0.1) is 11.3 Å². The van der Waals surface area contributed by atoms with Crippen LogP contribution in [0.5, 0.6) is 0 Å². The van der Waals surface area contributed by atoms with Gasteiger partial charge in [-0.05, 0) is 66.3 Å². The number of hydrogen-bond donors (Lipinski definition) is 1. The number of hydrogen-bond acceptors (Lipinski definition) is 2. The van der Waals surface area contributed by atoms with Gasteiger partial charge < -0.3 is 5.32 Å². The van der Waals surface area contributed by atoms with Gasteiger partial charge in [0.25, 0.3) is 5.91 Å². The zero-order valence-corrected chi connectivity index (χ0v) is 15.6. The summed E-state index contributed by atoms with van der Waals surface area (Å²) in [5.74, 6) is -0.0337. The highest BCUT2D eigenvalue weighted by Crippen LogP contribution is 2.39. The number of nitrogens with one attached hydrogen (secondary N) is 1. The van der Waals surface area contributed by atoms with E-state index in [0.29, 0.717) is 0 Å². The van der Waals surface area contributed by atoms with Crippen molar-refractivity contribution in [2.45, 2.75) is 19.8 Å². The molecule has 0 fully saturated rings. The Morgan fingerprint density at radius 2 is 1.88 bits per heavy atom. The third kappa shape index (κ3) is 2.80. The highest BCUT2D eigenvalue weighted by atomic mass is 79.9. The van der Waals surface area contributed by atoms with Gasteiger partial charge in [-0.3, -0.25) is 4.79 Å². The fraction of sp³-hybridized carbons (Fsp3) is 0.150. The lowest BCUT2D eigenvalue weighted by Crippen LogP contribution is -2.10. The first kappa shape index (κ1) is 15.6. The van der Waals surface area contributed by atoms with Crippen LogP contribution in [0.25, 0.3) is 10.4 Å². The van der Waals surface area contributed by atoms with Crippen molar-refractivity contribution in [3.8, 4) is 10.4 Å². The van der Waals surface area contributed by atoms with E-state index < -0.39 is 0 Å². The van der Waals surface area contributed by atoms with Gasteiger partial charge in [-0.2, -0.15) is 0 Å². The molecule has 120 valence electrons. The Hall–Kier alpha value is -1.91. The fourth-order valence-electron chi connectivity index (χ4n) is 3.10. The van der Waals surface area contributed by atoms with E-state index >= 15 is 0 Å². The first-order valence-corrected chi connectivity index (χ1v) is 9.51. The summed E-state index contributed by atoms with van der Waals surface area (Å²) in [6.07, 6.45) is 2.06. The topological polar surface area (TPSA) is 29.1 Å². The largest absolute Gasteiger partial charge is 0.321 e. The molecular weight excluding hydrogens is 382 g/mol. The Morgan fingerprint density at radius 1 is 1.08 bits per heavy atom. The van der Waals surface area contributed by atoms with Gasteiger partial charge in [0.2, 0.25) is 0 Å². The lowest BCUT2D eigenvalue weighted by molar-refractivity contribution is 0.103. The molecule has 1 N–H and O–H groups in total. The average Bonchev–Trinajstić information content (AvgIpc) is 3.03. The molecule has 0 radical (unpaired) electrons. The maximum absolute atomic E-state index is 12.6. The SMILES string of the molecule is Cc1cc(NC(=O)c2cc3c(s2)-c2ccccc2CC3)ccc1Br. The van der Waals surface area contributed by atoms with E-state index in [9.17, 15) is 4.79 Å². The lowest BCUT2D eigenvalue weighted by atomic mass is 9.91. The Balaban J connectivity index is 1.63. The second kappa shape index (κ2) is 6.19. The van der Waals surface area contributed by atoms with Gasteiger partial charge in [0, 0.05) is 15.0 Å². The number of anilines is 1. The van der Waals surface area contributed by atoms with Crippen molar-refractivity contribution < 1.29 is 4.79 Å². The Kier molecular flexibility index (Phi) is 4.02. The van der Waals surface area contributed by atoms with E-state index in [1.807, 2.05) is 25.1 Å². The van der Waals surface area contributed by atoms with E-state index in [1.165, 1.54) is 21.6 Å². The van der Waals surface area contributed by atoms with Crippen LogP contribution in [0.3, 0.4) is 0 Å². The van der Waals surface area contributed by atoms with Gasteiger partial charge in [-0.1, -0.05) is 40.2 Å². The third-order valence-electron chi connectivity index (χ3n) is 4.37. The van der Waals surface area contributed by atoms with Crippen LogP contribution in [0.2, 0.25) is 0 Å². The van der Waals surface area contributed by atoms with Crippen molar-refractivity contribution in [1.82, 2.24) is 0 Å². The first-order chi connectivity index (χ1) is 11.6. The minimum Gasteiger partial charge on any atom is -0.321 e. The number of carbonyl (C=O) groups excluding carboxylic acids is 1. The van der Waals surface area contributed by atoms with E-state index in [1.54, 1.807) is 11.3 Å². The molecule has 0 atom stereocenters. The molecule has 1 heterocycles. The van der Waals surface area contributed by atoms with Crippen LogP contribution in [0.15, 0.2) is 53.0 Å². The molecule has 1 aliphatic carbocycles. The zero-order chi connectivity index (χ0) is 16.7. The van der Waals surface area contributed by atoms with Crippen molar-refractivity contribution in [3.05, 3.63) is 74.6 Å². The van der Waals surface area contributed by atoms with Crippen LogP contribution in [0.1, 0.15) is 26.4 Å². The summed E-state index contributed by atoms with van der Waals surface area (Å²) in [6.45, 7) is 2.01. The Bertz CT molecular complexity index is 945. The van der Waals surface area contributed by atoms with Gasteiger partial charge in [0.05, 0.1) is 4.88 Å². The molecule has 24 heavy (non-hydrogen) atoms. The normalized spacial score (nSPS) is 12.4. The van der Waals surface area contributed by atoms with E-state index in [-0.39, 0.29) is 5.91 Å². The highest BCUT2D eigenvalue weighted by Gasteiger charge is 2.21. The molecule has 3 aromatic rings. The summed E-state index contributed by atoms with van der Waals surface area (Å²) < 4.78 is 1.05. The minimum atomic E-state index is -0.0337. The van der Waals surface area contributed by atoms with E-state index in [4.69, 9.17) is 0 Å². The summed E-state index contributed by atoms with van der Waals surface area (Å²) in [7, 11) is 0. The molecule has 4 heteroatoms. The van der Waals surface area contributed by atoms with Gasteiger partial charge in [0.1, 0.15) is 0 Å². The average molecular weight is 398 g/mol. The number of halogens is 1. The Morgan fingerprint density at radius 3 is 2.71 bits per heavy atom. The third-order valence-corrected chi connectivity index (χ3v) is 6.47. The van der Waals surface area contributed by atoms with Gasteiger partial charge in [0.15, 0.2) is 0 Å². The van der Waals surface area contributed by atoms with Gasteiger partial charge >= 0.3 is 0 Å². The smallest absolute Gasteiger partial charge is 0.265 e. The van der Waals surface area contributed by atoms with Crippen molar-refractivity contribution in [2.24, 2.45) is 0 Å². The molecule has 4 rings (SSSR count). The summed E-state index contributed by atoms with van der Waals surface area (Å²) >= 11 is 5.08. The molecule has 1 aromatic heterocycles. The number of thiophene rings is 1. The number of carbonyl (C=O) groups is 1. The van der Waals surface area contributed by atoms with Crippen molar-refractivity contribution in [2.75, 3.05) is 5.32 Å². The van der Waals surface area contributed by atoms with Crippen LogP contribution in [0, 0.1) is 6.92 Å². The van der Waals surface area contributed by atoms with Gasteiger partial charge in [-0.25, -0.2) is 0 Å². The molecule has 0 saturated carbocycles. The van der Waals surface area contributed by atoms with Crippen molar-refractivity contribution in [1.29, 1.82) is 0 Å². The van der Waals surface area contributed by atoms with Crippen LogP contribution in [-0.2, 0) is 12.8 Å². The molecule has 0 spiro atoms. The van der Waals surface area contributed by atoms with Crippen LogP contribution >= 0.6 is 27.3 Å². The molecule has 2 nitrogen and oxygen atoms in total. The number of amides is 1.